The van der Waals surface area contributed by atoms with Crippen molar-refractivity contribution in [2.75, 3.05) is 9.79 Å². The van der Waals surface area contributed by atoms with Gasteiger partial charge in [-0.1, -0.05) is 36.4 Å². The van der Waals surface area contributed by atoms with Crippen LogP contribution in [0.3, 0.4) is 0 Å². The molecule has 6 nitrogen and oxygen atoms in total. The van der Waals surface area contributed by atoms with E-state index in [1.165, 1.54) is 17.2 Å². The number of ether oxygens (including phenoxy) is 1. The molecule has 0 bridgehead atoms. The number of rotatable bonds is 11. The van der Waals surface area contributed by atoms with Crippen LogP contribution < -0.4 is 14.5 Å². The summed E-state index contributed by atoms with van der Waals surface area (Å²) >= 11 is 1.03. The standard InChI is InChI=1S/C24H22F4N4O2S/c1-2-12-24(27,28)17-7-5-6-15(21(17)26)14-34-23-29-13-18(25)22(30-23)31-35-20-9-4-3-8-19(20)32(33)16-10-11-16/h2-9,13,16,33H,1,10-12,14H2,(H,29,30,31). The summed E-state index contributed by atoms with van der Waals surface area (Å²) < 4.78 is 65.4. The Balaban J connectivity index is 1.45. The van der Waals surface area contributed by atoms with E-state index >= 15 is 0 Å². The predicted octanol–water partition coefficient (Wildman–Crippen LogP) is 6.48. The smallest absolute Gasteiger partial charge is 0.318 e. The van der Waals surface area contributed by atoms with E-state index in [0.717, 1.165) is 43.1 Å². The summed E-state index contributed by atoms with van der Waals surface area (Å²) in [5, 5.41) is 11.5. The highest BCUT2D eigenvalue weighted by atomic mass is 32.2. The van der Waals surface area contributed by atoms with Crippen LogP contribution in [0.25, 0.3) is 0 Å². The molecule has 0 radical (unpaired) electrons. The molecular weight excluding hydrogens is 484 g/mol. The highest BCUT2D eigenvalue weighted by Gasteiger charge is 2.34. The van der Waals surface area contributed by atoms with Crippen molar-refractivity contribution in [1.82, 2.24) is 9.97 Å². The fraction of sp³-hybridized carbons (Fsp3) is 0.250. The average Bonchev–Trinajstić information content (AvgIpc) is 3.68. The van der Waals surface area contributed by atoms with Gasteiger partial charge in [-0.05, 0) is 36.9 Å². The number of hydroxylamine groups is 1. The number of nitrogens with one attached hydrogen (secondary N) is 1. The van der Waals surface area contributed by atoms with Gasteiger partial charge in [0.05, 0.1) is 28.4 Å². The summed E-state index contributed by atoms with van der Waals surface area (Å²) in [6.45, 7) is 2.84. The second-order valence-electron chi connectivity index (χ2n) is 7.86. The molecule has 1 aliphatic carbocycles. The molecule has 0 aliphatic heterocycles. The predicted molar refractivity (Wildman–Crippen MR) is 125 cm³/mol. The lowest BCUT2D eigenvalue weighted by atomic mass is 10.0. The van der Waals surface area contributed by atoms with Crippen molar-refractivity contribution in [3.63, 3.8) is 0 Å². The van der Waals surface area contributed by atoms with Crippen molar-refractivity contribution < 1.29 is 27.5 Å². The quantitative estimate of drug-likeness (QED) is 0.134. The molecule has 184 valence electrons. The van der Waals surface area contributed by atoms with Crippen molar-refractivity contribution in [1.29, 1.82) is 0 Å². The van der Waals surface area contributed by atoms with Crippen LogP contribution in [0.4, 0.5) is 29.1 Å². The number of anilines is 2. The zero-order chi connectivity index (χ0) is 25.0. The molecule has 1 aliphatic rings. The Labute approximate surface area is 203 Å². The number of alkyl halides is 2. The van der Waals surface area contributed by atoms with Crippen molar-refractivity contribution in [2.45, 2.75) is 42.7 Å². The molecule has 4 rings (SSSR count). The van der Waals surface area contributed by atoms with Gasteiger partial charge in [-0.3, -0.25) is 10.3 Å². The Hall–Kier alpha value is -3.31. The molecule has 1 fully saturated rings. The number of para-hydroxylation sites is 1. The molecule has 0 atom stereocenters. The normalized spacial score (nSPS) is 13.4. The van der Waals surface area contributed by atoms with E-state index in [2.05, 4.69) is 21.3 Å². The third-order valence-corrected chi connectivity index (χ3v) is 6.08. The second kappa shape index (κ2) is 10.5. The average molecular weight is 507 g/mol. The zero-order valence-corrected chi connectivity index (χ0v) is 19.2. The van der Waals surface area contributed by atoms with Crippen LogP contribution in [0.15, 0.2) is 66.2 Å². The number of hydrogen-bond donors (Lipinski definition) is 2. The number of nitrogens with zero attached hydrogens (tertiary/aromatic N) is 3. The molecule has 0 saturated heterocycles. The molecule has 3 aromatic rings. The molecular formula is C24H22F4N4O2S. The SMILES string of the molecule is C=CCC(F)(F)c1cccc(COc2ncc(F)c(NSc3ccccc3N(O)C3CC3)n2)c1F. The maximum absolute atomic E-state index is 14.7. The lowest BCUT2D eigenvalue weighted by Gasteiger charge is -2.19. The van der Waals surface area contributed by atoms with Crippen LogP contribution in [-0.2, 0) is 12.5 Å². The highest BCUT2D eigenvalue weighted by Crippen LogP contribution is 2.37. The van der Waals surface area contributed by atoms with Gasteiger partial charge in [-0.2, -0.15) is 4.98 Å². The van der Waals surface area contributed by atoms with E-state index in [4.69, 9.17) is 4.74 Å². The molecule has 2 N–H and O–H groups in total. The third kappa shape index (κ3) is 5.85. The minimum atomic E-state index is -3.41. The van der Waals surface area contributed by atoms with Gasteiger partial charge >= 0.3 is 6.01 Å². The van der Waals surface area contributed by atoms with Crippen LogP contribution in [0.5, 0.6) is 6.01 Å². The Bertz CT molecular complexity index is 1210. The fourth-order valence-corrected chi connectivity index (χ4v) is 4.01. The molecule has 35 heavy (non-hydrogen) atoms. The van der Waals surface area contributed by atoms with Crippen molar-refractivity contribution in [2.24, 2.45) is 0 Å². The maximum Gasteiger partial charge on any atom is 0.318 e. The Morgan fingerprint density at radius 1 is 1.20 bits per heavy atom. The van der Waals surface area contributed by atoms with E-state index < -0.39 is 36.1 Å². The zero-order valence-electron chi connectivity index (χ0n) is 18.4. The van der Waals surface area contributed by atoms with Gasteiger partial charge in [0.2, 0.25) is 0 Å². The van der Waals surface area contributed by atoms with Crippen LogP contribution in [0.2, 0.25) is 0 Å². The lowest BCUT2D eigenvalue weighted by Crippen LogP contribution is -2.21. The first-order chi connectivity index (χ1) is 16.8. The Morgan fingerprint density at radius 2 is 1.97 bits per heavy atom. The number of hydrogen-bond acceptors (Lipinski definition) is 7. The van der Waals surface area contributed by atoms with E-state index in [-0.39, 0.29) is 23.4 Å². The summed E-state index contributed by atoms with van der Waals surface area (Å²) in [5.74, 6) is -5.47. The Morgan fingerprint density at radius 3 is 2.71 bits per heavy atom. The molecule has 1 aromatic heterocycles. The minimum absolute atomic E-state index is 0.0585. The molecule has 11 heteroatoms. The van der Waals surface area contributed by atoms with Gasteiger partial charge in [0.1, 0.15) is 12.4 Å². The molecule has 2 aromatic carbocycles. The van der Waals surface area contributed by atoms with Crippen molar-refractivity contribution in [3.8, 4) is 6.01 Å². The van der Waals surface area contributed by atoms with Crippen molar-refractivity contribution >= 4 is 23.5 Å². The van der Waals surface area contributed by atoms with Gasteiger partial charge < -0.3 is 9.46 Å². The first kappa shape index (κ1) is 24.8. The minimum Gasteiger partial charge on any atom is -0.458 e. The van der Waals surface area contributed by atoms with E-state index in [9.17, 15) is 22.8 Å². The molecule has 0 spiro atoms. The van der Waals surface area contributed by atoms with Gasteiger partial charge in [-0.15, -0.1) is 6.58 Å². The first-order valence-electron chi connectivity index (χ1n) is 10.7. The van der Waals surface area contributed by atoms with Gasteiger partial charge in [0.25, 0.3) is 5.92 Å². The maximum atomic E-state index is 14.7. The topological polar surface area (TPSA) is 70.5 Å². The molecule has 0 unspecified atom stereocenters. The van der Waals surface area contributed by atoms with Gasteiger partial charge in [0.15, 0.2) is 11.6 Å². The van der Waals surface area contributed by atoms with E-state index in [1.807, 2.05) is 0 Å². The van der Waals surface area contributed by atoms with Crippen molar-refractivity contribution in [3.05, 3.63) is 84.1 Å². The van der Waals surface area contributed by atoms with Gasteiger partial charge in [-0.25, -0.2) is 22.5 Å². The Kier molecular flexibility index (Phi) is 7.46. The number of halogens is 4. The summed E-state index contributed by atoms with van der Waals surface area (Å²) in [7, 11) is 0. The third-order valence-electron chi connectivity index (χ3n) is 5.21. The summed E-state index contributed by atoms with van der Waals surface area (Å²) in [5.41, 5.74) is -0.317. The van der Waals surface area contributed by atoms with Crippen LogP contribution in [0, 0.1) is 11.6 Å². The number of aromatic nitrogens is 2. The number of allylic oxidation sites excluding steroid dienone is 1. The monoisotopic (exact) mass is 506 g/mol. The van der Waals surface area contributed by atoms with E-state index in [0.29, 0.717) is 10.6 Å². The van der Waals surface area contributed by atoms with E-state index in [1.54, 1.807) is 24.3 Å². The molecule has 1 saturated carbocycles. The van der Waals surface area contributed by atoms with Crippen LogP contribution in [0.1, 0.15) is 30.4 Å². The number of benzene rings is 2. The highest BCUT2D eigenvalue weighted by molar-refractivity contribution is 8.00. The largest absolute Gasteiger partial charge is 0.458 e. The second-order valence-corrected chi connectivity index (χ2v) is 8.71. The summed E-state index contributed by atoms with van der Waals surface area (Å²) in [6, 6.07) is 10.5. The van der Waals surface area contributed by atoms with Gasteiger partial charge in [0, 0.05) is 12.0 Å². The van der Waals surface area contributed by atoms with Crippen LogP contribution in [-0.4, -0.2) is 21.2 Å². The lowest BCUT2D eigenvalue weighted by molar-refractivity contribution is -0.00465. The molecule has 1 heterocycles. The summed E-state index contributed by atoms with van der Waals surface area (Å²) in [6.07, 6.45) is 2.97. The first-order valence-corrected chi connectivity index (χ1v) is 11.5. The fourth-order valence-electron chi connectivity index (χ4n) is 3.25. The van der Waals surface area contributed by atoms with Crippen LogP contribution >= 0.6 is 11.9 Å². The molecule has 0 amide bonds. The summed E-state index contributed by atoms with van der Waals surface area (Å²) in [4.78, 5) is 8.32.